The molecule has 0 aliphatic carbocycles. The number of anilines is 3. The SMILES string of the molecule is CCC1COCCN1c1nc(N=NCc2ccc(Nc3cccc(C(F)(F)F)c3)cn2)ncc1F. The van der Waals surface area contributed by atoms with Crippen molar-refractivity contribution in [1.82, 2.24) is 15.0 Å². The summed E-state index contributed by atoms with van der Waals surface area (Å²) in [5.41, 5.74) is 0.652. The van der Waals surface area contributed by atoms with Gasteiger partial charge >= 0.3 is 6.18 Å². The van der Waals surface area contributed by atoms with Gasteiger partial charge in [0, 0.05) is 12.2 Å². The fourth-order valence-electron chi connectivity index (χ4n) is 3.57. The highest BCUT2D eigenvalue weighted by atomic mass is 19.4. The summed E-state index contributed by atoms with van der Waals surface area (Å²) in [5.74, 6) is -0.326. The molecule has 3 aromatic rings. The maximum absolute atomic E-state index is 14.4. The molecule has 2 aromatic heterocycles. The van der Waals surface area contributed by atoms with Crippen molar-refractivity contribution in [2.75, 3.05) is 30.0 Å². The van der Waals surface area contributed by atoms with Crippen LogP contribution in [0.1, 0.15) is 24.6 Å². The van der Waals surface area contributed by atoms with Crippen molar-refractivity contribution in [2.45, 2.75) is 32.1 Å². The lowest BCUT2D eigenvalue weighted by molar-refractivity contribution is -0.137. The van der Waals surface area contributed by atoms with Crippen LogP contribution in [0.5, 0.6) is 0 Å². The second-order valence-corrected chi connectivity index (χ2v) is 7.81. The van der Waals surface area contributed by atoms with Crippen LogP contribution in [-0.2, 0) is 17.5 Å². The molecule has 12 heteroatoms. The van der Waals surface area contributed by atoms with Crippen LogP contribution in [0.3, 0.4) is 0 Å². The fourth-order valence-corrected chi connectivity index (χ4v) is 3.57. The smallest absolute Gasteiger partial charge is 0.377 e. The molecule has 1 N–H and O–H groups in total. The summed E-state index contributed by atoms with van der Waals surface area (Å²) in [6.45, 7) is 3.63. The zero-order valence-corrected chi connectivity index (χ0v) is 18.8. The predicted molar refractivity (Wildman–Crippen MR) is 121 cm³/mol. The maximum atomic E-state index is 14.4. The Morgan fingerprint density at radius 3 is 2.74 bits per heavy atom. The number of morpholine rings is 1. The van der Waals surface area contributed by atoms with Gasteiger partial charge in [0.25, 0.3) is 5.95 Å². The van der Waals surface area contributed by atoms with Gasteiger partial charge in [0.05, 0.1) is 48.6 Å². The van der Waals surface area contributed by atoms with Gasteiger partial charge in [-0.3, -0.25) is 4.98 Å². The van der Waals surface area contributed by atoms with Gasteiger partial charge in [0.2, 0.25) is 0 Å². The number of aromatic nitrogens is 3. The molecule has 0 bridgehead atoms. The molecule has 4 rings (SSSR count). The highest BCUT2D eigenvalue weighted by Gasteiger charge is 2.30. The molecule has 35 heavy (non-hydrogen) atoms. The number of nitrogens with zero attached hydrogens (tertiary/aromatic N) is 6. The number of pyridine rings is 1. The molecule has 0 saturated carbocycles. The van der Waals surface area contributed by atoms with E-state index in [2.05, 4.69) is 30.5 Å². The summed E-state index contributed by atoms with van der Waals surface area (Å²) in [4.78, 5) is 14.2. The van der Waals surface area contributed by atoms with Crippen LogP contribution < -0.4 is 10.2 Å². The number of hydrogen-bond donors (Lipinski definition) is 1. The van der Waals surface area contributed by atoms with Crippen LogP contribution >= 0.6 is 0 Å². The summed E-state index contributed by atoms with van der Waals surface area (Å²) >= 11 is 0. The monoisotopic (exact) mass is 489 g/mol. The zero-order valence-electron chi connectivity index (χ0n) is 18.8. The molecule has 0 radical (unpaired) electrons. The summed E-state index contributed by atoms with van der Waals surface area (Å²) in [5, 5.41) is 10.9. The Kier molecular flexibility index (Phi) is 7.49. The van der Waals surface area contributed by atoms with Crippen LogP contribution in [0.25, 0.3) is 0 Å². The Labute approximate surface area is 199 Å². The van der Waals surface area contributed by atoms with Crippen molar-refractivity contribution >= 4 is 23.1 Å². The van der Waals surface area contributed by atoms with Crippen LogP contribution in [0.15, 0.2) is 59.0 Å². The van der Waals surface area contributed by atoms with Crippen LogP contribution in [0, 0.1) is 5.82 Å². The minimum Gasteiger partial charge on any atom is -0.377 e. The fraction of sp³-hybridized carbons (Fsp3) is 0.348. The Morgan fingerprint density at radius 2 is 2.00 bits per heavy atom. The van der Waals surface area contributed by atoms with Gasteiger partial charge in [0.1, 0.15) is 6.54 Å². The lowest BCUT2D eigenvalue weighted by Gasteiger charge is -2.35. The third-order valence-corrected chi connectivity index (χ3v) is 5.38. The molecule has 8 nitrogen and oxygen atoms in total. The average Bonchev–Trinajstić information content (AvgIpc) is 2.86. The first kappa shape index (κ1) is 24.5. The number of alkyl halides is 3. The normalized spacial score (nSPS) is 16.6. The minimum atomic E-state index is -4.42. The number of benzene rings is 1. The van der Waals surface area contributed by atoms with Crippen LogP contribution in [0.2, 0.25) is 0 Å². The van der Waals surface area contributed by atoms with E-state index in [-0.39, 0.29) is 24.4 Å². The standard InChI is InChI=1S/C23H23F4N7O/c1-2-19-14-35-9-8-34(19)21-20(24)13-29-22(32-21)33-30-12-17-6-7-18(11-28-17)31-16-5-3-4-15(10-16)23(25,26)27/h3-7,10-11,13,19,31H,2,8-9,12,14H2,1H3. The molecule has 1 saturated heterocycles. The highest BCUT2D eigenvalue weighted by molar-refractivity contribution is 5.59. The Bertz CT molecular complexity index is 1170. The third-order valence-electron chi connectivity index (χ3n) is 5.38. The zero-order chi connectivity index (χ0) is 24.8. The Morgan fingerprint density at radius 1 is 1.14 bits per heavy atom. The van der Waals surface area contributed by atoms with Gasteiger partial charge in [-0.25, -0.2) is 9.37 Å². The first-order valence-corrected chi connectivity index (χ1v) is 11.0. The van der Waals surface area contributed by atoms with Gasteiger partial charge in [-0.1, -0.05) is 13.0 Å². The van der Waals surface area contributed by atoms with Crippen molar-refractivity contribution in [3.8, 4) is 0 Å². The predicted octanol–water partition coefficient (Wildman–Crippen LogP) is 5.67. The number of hydrogen-bond acceptors (Lipinski definition) is 8. The van der Waals surface area contributed by atoms with Gasteiger partial charge in [-0.2, -0.15) is 23.3 Å². The van der Waals surface area contributed by atoms with Gasteiger partial charge in [0.15, 0.2) is 11.6 Å². The summed E-state index contributed by atoms with van der Waals surface area (Å²) in [6.07, 6.45) is -1.07. The number of azo groups is 1. The molecule has 0 amide bonds. The van der Waals surface area contributed by atoms with Crippen molar-refractivity contribution < 1.29 is 22.3 Å². The molecule has 1 aliphatic rings. The van der Waals surface area contributed by atoms with E-state index in [1.807, 2.05) is 11.8 Å². The summed E-state index contributed by atoms with van der Waals surface area (Å²) < 4.78 is 58.5. The molecule has 0 spiro atoms. The van der Waals surface area contributed by atoms with Crippen molar-refractivity contribution in [1.29, 1.82) is 0 Å². The van der Waals surface area contributed by atoms with Gasteiger partial charge < -0.3 is 15.0 Å². The maximum Gasteiger partial charge on any atom is 0.416 e. The van der Waals surface area contributed by atoms with E-state index >= 15 is 0 Å². The molecular weight excluding hydrogens is 466 g/mol. The number of halogens is 4. The van der Waals surface area contributed by atoms with Crippen molar-refractivity contribution in [3.05, 3.63) is 65.9 Å². The molecule has 1 aliphatic heterocycles. The van der Waals surface area contributed by atoms with E-state index in [0.29, 0.717) is 36.8 Å². The largest absolute Gasteiger partial charge is 0.416 e. The van der Waals surface area contributed by atoms with Gasteiger partial charge in [-0.15, -0.1) is 5.11 Å². The number of ether oxygens (including phenoxy) is 1. The highest BCUT2D eigenvalue weighted by Crippen LogP contribution is 2.31. The number of rotatable bonds is 7. The Hall–Kier alpha value is -3.67. The van der Waals surface area contributed by atoms with Crippen molar-refractivity contribution in [3.63, 3.8) is 0 Å². The third kappa shape index (κ3) is 6.27. The van der Waals surface area contributed by atoms with E-state index in [9.17, 15) is 17.6 Å². The second-order valence-electron chi connectivity index (χ2n) is 7.81. The van der Waals surface area contributed by atoms with Crippen LogP contribution in [0.4, 0.5) is 40.7 Å². The second kappa shape index (κ2) is 10.7. The lowest BCUT2D eigenvalue weighted by Crippen LogP contribution is -2.46. The van der Waals surface area contributed by atoms with E-state index in [4.69, 9.17) is 4.74 Å². The number of nitrogens with one attached hydrogen (secondary N) is 1. The van der Waals surface area contributed by atoms with Crippen molar-refractivity contribution in [2.24, 2.45) is 10.2 Å². The Balaban J connectivity index is 1.39. The lowest BCUT2D eigenvalue weighted by atomic mass is 10.2. The first-order valence-electron chi connectivity index (χ1n) is 11.0. The van der Waals surface area contributed by atoms with E-state index in [0.717, 1.165) is 24.8 Å². The average molecular weight is 489 g/mol. The van der Waals surface area contributed by atoms with E-state index < -0.39 is 17.6 Å². The first-order chi connectivity index (χ1) is 16.8. The summed E-state index contributed by atoms with van der Waals surface area (Å²) in [6, 6.07) is 8.27. The summed E-state index contributed by atoms with van der Waals surface area (Å²) in [7, 11) is 0. The van der Waals surface area contributed by atoms with E-state index in [1.165, 1.54) is 18.3 Å². The molecule has 1 fully saturated rings. The molecule has 1 aromatic carbocycles. The van der Waals surface area contributed by atoms with Gasteiger partial charge in [-0.05, 0) is 36.8 Å². The quantitative estimate of drug-likeness (QED) is 0.340. The molecular formula is C23H23F4N7O. The molecule has 3 heterocycles. The molecule has 1 unspecified atom stereocenters. The molecule has 184 valence electrons. The van der Waals surface area contributed by atoms with E-state index in [1.54, 1.807) is 12.1 Å². The topological polar surface area (TPSA) is 87.9 Å². The minimum absolute atomic E-state index is 0.0187. The van der Waals surface area contributed by atoms with Crippen LogP contribution in [-0.4, -0.2) is 40.8 Å². The molecule has 1 atom stereocenters.